The molecule has 10 N–H and O–H groups in total. The highest BCUT2D eigenvalue weighted by Crippen LogP contribution is 2.03. The Bertz CT molecular complexity index is 829. The minimum Gasteiger partial charge on any atom is -0.481 e. The molecule has 0 spiro atoms. The van der Waals surface area contributed by atoms with Crippen LogP contribution >= 0.6 is 0 Å². The molecule has 5 unspecified atom stereocenters. The Hall–Kier alpha value is -3.56. The fraction of sp³-hybridized carbons (Fsp3) is 0.556. The number of imidazole rings is 1. The highest BCUT2D eigenvalue weighted by molar-refractivity contribution is 5.94. The number of nitrogens with one attached hydrogen (secondary N) is 4. The van der Waals surface area contributed by atoms with E-state index in [9.17, 15) is 34.2 Å². The maximum atomic E-state index is 12.7. The quantitative estimate of drug-likeness (QED) is 0.126. The van der Waals surface area contributed by atoms with Crippen LogP contribution < -0.4 is 21.7 Å². The maximum Gasteiger partial charge on any atom is 0.328 e. The lowest BCUT2D eigenvalue weighted by molar-refractivity contribution is -0.145. The molecule has 1 aromatic heterocycles. The molecule has 1 heterocycles. The molecule has 3 amide bonds. The number of carboxylic acid groups (broad SMARTS) is 2. The molecule has 0 radical (unpaired) electrons. The summed E-state index contributed by atoms with van der Waals surface area (Å²) in [7, 11) is 0. The number of hydrogen-bond acceptors (Lipinski definition) is 9. The van der Waals surface area contributed by atoms with Crippen molar-refractivity contribution in [3.8, 4) is 0 Å². The summed E-state index contributed by atoms with van der Waals surface area (Å²) in [5.74, 6) is -5.49. The standard InChI is InChI=1S/C18H28N6O9/c1-8(26)14(18(32)33)24-16(30)11(4-9-5-20-7-21-9)22-17(31)12(6-25)23-15(29)10(19)2-3-13(27)28/h5,7-8,10-12,14,25-26H,2-4,6,19H2,1H3,(H,20,21)(H,22,31)(H,23,29)(H,24,30)(H,27,28)(H,32,33). The van der Waals surface area contributed by atoms with Crippen LogP contribution in [0.3, 0.4) is 0 Å². The van der Waals surface area contributed by atoms with E-state index in [0.29, 0.717) is 5.69 Å². The molecular formula is C18H28N6O9. The van der Waals surface area contributed by atoms with E-state index in [1.165, 1.54) is 12.5 Å². The van der Waals surface area contributed by atoms with Gasteiger partial charge in [-0.25, -0.2) is 9.78 Å². The van der Waals surface area contributed by atoms with Crippen molar-refractivity contribution < 1.29 is 44.4 Å². The summed E-state index contributed by atoms with van der Waals surface area (Å²) >= 11 is 0. The first kappa shape index (κ1) is 27.5. The Labute approximate surface area is 187 Å². The van der Waals surface area contributed by atoms with Crippen LogP contribution in [0, 0.1) is 0 Å². The summed E-state index contributed by atoms with van der Waals surface area (Å²) in [4.78, 5) is 65.7. The number of rotatable bonds is 14. The van der Waals surface area contributed by atoms with Gasteiger partial charge in [0.05, 0.1) is 25.1 Å². The van der Waals surface area contributed by atoms with E-state index >= 15 is 0 Å². The van der Waals surface area contributed by atoms with Crippen LogP contribution in [0.1, 0.15) is 25.5 Å². The highest BCUT2D eigenvalue weighted by Gasteiger charge is 2.32. The number of carbonyl (C=O) groups is 5. The first-order valence-corrected chi connectivity index (χ1v) is 9.83. The molecule has 1 rings (SSSR count). The maximum absolute atomic E-state index is 12.7. The average Bonchev–Trinajstić information content (AvgIpc) is 3.25. The number of aromatic nitrogens is 2. The zero-order valence-electron chi connectivity index (χ0n) is 17.7. The molecule has 0 aromatic carbocycles. The molecule has 184 valence electrons. The van der Waals surface area contributed by atoms with Crippen LogP contribution in [0.5, 0.6) is 0 Å². The number of aliphatic carboxylic acids is 2. The number of nitrogens with zero attached hydrogens (tertiary/aromatic N) is 1. The van der Waals surface area contributed by atoms with E-state index < -0.39 is 66.5 Å². The summed E-state index contributed by atoms with van der Waals surface area (Å²) in [5.41, 5.74) is 5.98. The molecule has 0 aliphatic rings. The van der Waals surface area contributed by atoms with Crippen molar-refractivity contribution in [2.75, 3.05) is 6.61 Å². The average molecular weight is 472 g/mol. The Morgan fingerprint density at radius 1 is 1.06 bits per heavy atom. The predicted octanol–water partition coefficient (Wildman–Crippen LogP) is -3.94. The van der Waals surface area contributed by atoms with Crippen molar-refractivity contribution in [3.63, 3.8) is 0 Å². The topological polar surface area (TPSA) is 257 Å². The Balaban J connectivity index is 2.92. The van der Waals surface area contributed by atoms with Gasteiger partial charge < -0.3 is 47.1 Å². The molecule has 0 fully saturated rings. The van der Waals surface area contributed by atoms with Gasteiger partial charge in [0.25, 0.3) is 0 Å². The molecule has 15 heteroatoms. The van der Waals surface area contributed by atoms with Crippen LogP contribution in [-0.4, -0.2) is 96.9 Å². The minimum atomic E-state index is -1.65. The van der Waals surface area contributed by atoms with E-state index in [4.69, 9.17) is 15.9 Å². The summed E-state index contributed by atoms with van der Waals surface area (Å²) in [5, 5.41) is 43.5. The third kappa shape index (κ3) is 9.22. The molecule has 15 nitrogen and oxygen atoms in total. The van der Waals surface area contributed by atoms with Gasteiger partial charge in [-0.3, -0.25) is 19.2 Å². The Morgan fingerprint density at radius 3 is 2.15 bits per heavy atom. The largest absolute Gasteiger partial charge is 0.481 e. The van der Waals surface area contributed by atoms with Crippen LogP contribution in [0.4, 0.5) is 0 Å². The molecular weight excluding hydrogens is 444 g/mol. The summed E-state index contributed by atoms with van der Waals surface area (Å²) in [6.45, 7) is 0.291. The molecule has 33 heavy (non-hydrogen) atoms. The number of aliphatic hydroxyl groups is 2. The van der Waals surface area contributed by atoms with E-state index in [1.54, 1.807) is 0 Å². The van der Waals surface area contributed by atoms with Crippen LogP contribution in [0.25, 0.3) is 0 Å². The number of aliphatic hydroxyl groups excluding tert-OH is 2. The van der Waals surface area contributed by atoms with Crippen LogP contribution in [0.2, 0.25) is 0 Å². The number of carboxylic acids is 2. The molecule has 0 bridgehead atoms. The first-order valence-electron chi connectivity index (χ1n) is 9.83. The molecule has 0 aliphatic carbocycles. The number of carbonyl (C=O) groups excluding carboxylic acids is 3. The van der Waals surface area contributed by atoms with Crippen molar-refractivity contribution in [1.29, 1.82) is 0 Å². The Kier molecular flexibility index (Phi) is 10.9. The molecule has 0 saturated heterocycles. The Morgan fingerprint density at radius 2 is 1.67 bits per heavy atom. The van der Waals surface area contributed by atoms with Crippen molar-refractivity contribution >= 4 is 29.7 Å². The predicted molar refractivity (Wildman–Crippen MR) is 109 cm³/mol. The number of H-pyrrole nitrogens is 1. The van der Waals surface area contributed by atoms with Gasteiger partial charge in [0.2, 0.25) is 17.7 Å². The van der Waals surface area contributed by atoms with Gasteiger partial charge in [0.15, 0.2) is 6.04 Å². The first-order chi connectivity index (χ1) is 15.5. The van der Waals surface area contributed by atoms with Gasteiger partial charge in [-0.2, -0.15) is 0 Å². The second-order valence-electron chi connectivity index (χ2n) is 7.19. The summed E-state index contributed by atoms with van der Waals surface area (Å²) in [6, 6.07) is -5.81. The third-order valence-electron chi connectivity index (χ3n) is 4.48. The van der Waals surface area contributed by atoms with Crippen molar-refractivity contribution in [3.05, 3.63) is 18.2 Å². The zero-order chi connectivity index (χ0) is 25.1. The number of aromatic amines is 1. The smallest absolute Gasteiger partial charge is 0.328 e. The monoisotopic (exact) mass is 472 g/mol. The van der Waals surface area contributed by atoms with E-state index in [1.807, 2.05) is 0 Å². The third-order valence-corrected chi connectivity index (χ3v) is 4.48. The lowest BCUT2D eigenvalue weighted by atomic mass is 10.1. The van der Waals surface area contributed by atoms with E-state index in [2.05, 4.69) is 25.9 Å². The van der Waals surface area contributed by atoms with Gasteiger partial charge in [-0.05, 0) is 13.3 Å². The van der Waals surface area contributed by atoms with Crippen molar-refractivity contribution in [2.24, 2.45) is 5.73 Å². The molecule has 0 aliphatic heterocycles. The van der Waals surface area contributed by atoms with Gasteiger partial charge >= 0.3 is 11.9 Å². The lowest BCUT2D eigenvalue weighted by Gasteiger charge is -2.25. The lowest BCUT2D eigenvalue weighted by Crippen LogP contribution is -2.59. The van der Waals surface area contributed by atoms with Crippen LogP contribution in [-0.2, 0) is 30.4 Å². The van der Waals surface area contributed by atoms with Gasteiger partial charge in [-0.1, -0.05) is 0 Å². The molecule has 0 saturated carbocycles. The van der Waals surface area contributed by atoms with E-state index in [0.717, 1.165) is 6.92 Å². The summed E-state index contributed by atoms with van der Waals surface area (Å²) in [6.07, 6.45) is 0.493. The SMILES string of the molecule is CC(O)C(NC(=O)C(Cc1cnc[nH]1)NC(=O)C(CO)NC(=O)C(N)CCC(=O)O)C(=O)O. The normalized spacial score (nSPS) is 15.4. The van der Waals surface area contributed by atoms with Gasteiger partial charge in [-0.15, -0.1) is 0 Å². The number of hydrogen-bond donors (Lipinski definition) is 9. The van der Waals surface area contributed by atoms with Crippen molar-refractivity contribution in [1.82, 2.24) is 25.9 Å². The number of amides is 3. The highest BCUT2D eigenvalue weighted by atomic mass is 16.4. The summed E-state index contributed by atoms with van der Waals surface area (Å²) < 4.78 is 0. The minimum absolute atomic E-state index is 0.159. The fourth-order valence-electron chi connectivity index (χ4n) is 2.62. The van der Waals surface area contributed by atoms with Gasteiger partial charge in [0, 0.05) is 24.7 Å². The molecule has 5 atom stereocenters. The van der Waals surface area contributed by atoms with Gasteiger partial charge in [0.1, 0.15) is 12.1 Å². The van der Waals surface area contributed by atoms with Crippen molar-refractivity contribution in [2.45, 2.75) is 56.5 Å². The number of nitrogens with two attached hydrogens (primary N) is 1. The molecule has 1 aromatic rings. The van der Waals surface area contributed by atoms with E-state index in [-0.39, 0.29) is 19.3 Å². The fourth-order valence-corrected chi connectivity index (χ4v) is 2.62. The second kappa shape index (κ2) is 13.1. The van der Waals surface area contributed by atoms with Crippen LogP contribution in [0.15, 0.2) is 12.5 Å². The second-order valence-corrected chi connectivity index (χ2v) is 7.19. The zero-order valence-corrected chi connectivity index (χ0v) is 17.7.